The van der Waals surface area contributed by atoms with Crippen molar-refractivity contribution in [3.05, 3.63) is 51.7 Å². The Hall–Kier alpha value is -2.50. The van der Waals surface area contributed by atoms with Gasteiger partial charge in [0.05, 0.1) is 4.92 Å². The van der Waals surface area contributed by atoms with Crippen LogP contribution >= 0.6 is 0 Å². The molecule has 2 rings (SSSR count). The van der Waals surface area contributed by atoms with Crippen molar-refractivity contribution in [2.75, 3.05) is 0 Å². The molecule has 0 bridgehead atoms. The van der Waals surface area contributed by atoms with E-state index in [1.807, 2.05) is 5.32 Å². The lowest BCUT2D eigenvalue weighted by atomic mass is 10.1. The summed E-state index contributed by atoms with van der Waals surface area (Å²) in [6.07, 6.45) is 0. The van der Waals surface area contributed by atoms with Crippen molar-refractivity contribution in [2.24, 2.45) is 0 Å². The first kappa shape index (κ1) is 10.0. The number of nitro groups is 1. The Labute approximate surface area is 89.7 Å². The lowest BCUT2D eigenvalue weighted by Gasteiger charge is -1.97. The minimum atomic E-state index is -0.964. The minimum absolute atomic E-state index is 0.185. The van der Waals surface area contributed by atoms with E-state index in [1.54, 1.807) is 18.2 Å². The molecule has 1 aromatic carbocycles. The maximum atomic E-state index is 11.4. The molecule has 0 atom stereocenters. The number of rotatable bonds is 2. The van der Waals surface area contributed by atoms with Gasteiger partial charge in [-0.1, -0.05) is 30.3 Å². The van der Waals surface area contributed by atoms with Crippen molar-refractivity contribution < 1.29 is 14.5 Å². The van der Waals surface area contributed by atoms with Gasteiger partial charge in [0.25, 0.3) is 5.91 Å². The van der Waals surface area contributed by atoms with Crippen LogP contribution in [0.15, 0.2) is 36.0 Å². The van der Waals surface area contributed by atoms with E-state index in [4.69, 9.17) is 0 Å². The molecule has 1 N–H and O–H groups in total. The van der Waals surface area contributed by atoms with Gasteiger partial charge in [0.1, 0.15) is 5.57 Å². The zero-order valence-corrected chi connectivity index (χ0v) is 7.97. The summed E-state index contributed by atoms with van der Waals surface area (Å²) in [5.41, 5.74) is -0.524. The molecular weight excluding hydrogens is 212 g/mol. The van der Waals surface area contributed by atoms with Crippen LogP contribution < -0.4 is 5.32 Å². The standard InChI is InChI=1S/C10H6N2O4/c13-9-7(6-4-2-1-3-5-6)8(12(15)16)10(14)11-9/h1-5H,(H,11,13,14). The summed E-state index contributed by atoms with van der Waals surface area (Å²) >= 11 is 0. The van der Waals surface area contributed by atoms with Crippen LogP contribution in [0.25, 0.3) is 5.57 Å². The highest BCUT2D eigenvalue weighted by Crippen LogP contribution is 2.23. The van der Waals surface area contributed by atoms with Crippen molar-refractivity contribution in [2.45, 2.75) is 0 Å². The van der Waals surface area contributed by atoms with Crippen LogP contribution in [0.4, 0.5) is 0 Å². The molecule has 16 heavy (non-hydrogen) atoms. The van der Waals surface area contributed by atoms with Gasteiger partial charge >= 0.3 is 11.6 Å². The van der Waals surface area contributed by atoms with Crippen LogP contribution in [-0.2, 0) is 9.59 Å². The largest absolute Gasteiger partial charge is 0.347 e. The van der Waals surface area contributed by atoms with Gasteiger partial charge in [0.15, 0.2) is 0 Å². The second kappa shape index (κ2) is 3.58. The second-order valence-electron chi connectivity index (χ2n) is 3.13. The van der Waals surface area contributed by atoms with Gasteiger partial charge in [0, 0.05) is 0 Å². The molecule has 1 aliphatic heterocycles. The quantitative estimate of drug-likeness (QED) is 0.440. The number of amides is 2. The highest BCUT2D eigenvalue weighted by molar-refractivity contribution is 6.35. The number of nitrogens with one attached hydrogen (secondary N) is 1. The Morgan fingerprint density at radius 2 is 1.69 bits per heavy atom. The number of benzene rings is 1. The van der Waals surface area contributed by atoms with Crippen LogP contribution in [0.3, 0.4) is 0 Å². The summed E-state index contributed by atoms with van der Waals surface area (Å²) < 4.78 is 0. The highest BCUT2D eigenvalue weighted by Gasteiger charge is 2.40. The van der Waals surface area contributed by atoms with Gasteiger partial charge in [-0.25, -0.2) is 0 Å². The SMILES string of the molecule is O=C1NC(=O)C([N+](=O)[O-])=C1c1ccccc1. The average Bonchev–Trinajstić information content (AvgIpc) is 2.55. The minimum Gasteiger partial charge on any atom is -0.282 e. The Morgan fingerprint density at radius 3 is 2.25 bits per heavy atom. The lowest BCUT2D eigenvalue weighted by molar-refractivity contribution is -0.417. The molecule has 0 unspecified atom stereocenters. The molecule has 80 valence electrons. The molecule has 0 aliphatic carbocycles. The molecule has 2 amide bonds. The molecule has 6 nitrogen and oxygen atoms in total. The van der Waals surface area contributed by atoms with Crippen molar-refractivity contribution in [1.29, 1.82) is 0 Å². The summed E-state index contributed by atoms with van der Waals surface area (Å²) in [4.78, 5) is 32.4. The second-order valence-corrected chi connectivity index (χ2v) is 3.13. The maximum absolute atomic E-state index is 11.4. The van der Waals surface area contributed by atoms with E-state index in [2.05, 4.69) is 0 Å². The maximum Gasteiger partial charge on any atom is 0.347 e. The number of carbonyl (C=O) groups is 2. The van der Waals surface area contributed by atoms with Gasteiger partial charge in [-0.3, -0.25) is 25.0 Å². The molecule has 0 aromatic heterocycles. The molecular formula is C10H6N2O4. The van der Waals surface area contributed by atoms with E-state index in [0.29, 0.717) is 5.56 Å². The van der Waals surface area contributed by atoms with E-state index < -0.39 is 22.4 Å². The number of carbonyl (C=O) groups excluding carboxylic acids is 2. The Balaban J connectivity index is 2.64. The summed E-state index contributed by atoms with van der Waals surface area (Å²) in [6.45, 7) is 0. The molecule has 1 aromatic rings. The molecule has 0 saturated carbocycles. The third kappa shape index (κ3) is 1.46. The normalized spacial score (nSPS) is 15.2. The zero-order valence-electron chi connectivity index (χ0n) is 7.97. The van der Waals surface area contributed by atoms with E-state index in [1.165, 1.54) is 12.1 Å². The van der Waals surface area contributed by atoms with Gasteiger partial charge in [-0.05, 0) is 5.56 Å². The van der Waals surface area contributed by atoms with Gasteiger partial charge in [-0.2, -0.15) is 0 Å². The molecule has 0 fully saturated rings. The Morgan fingerprint density at radius 1 is 1.06 bits per heavy atom. The van der Waals surface area contributed by atoms with Crippen molar-refractivity contribution in [3.8, 4) is 0 Å². The van der Waals surface area contributed by atoms with E-state index in [0.717, 1.165) is 0 Å². The number of hydrogen-bond donors (Lipinski definition) is 1. The predicted molar refractivity (Wildman–Crippen MR) is 53.5 cm³/mol. The van der Waals surface area contributed by atoms with Crippen LogP contribution in [-0.4, -0.2) is 16.7 Å². The number of imide groups is 1. The summed E-state index contributed by atoms with van der Waals surface area (Å²) in [6, 6.07) is 8.06. The summed E-state index contributed by atoms with van der Waals surface area (Å²) in [5, 5.41) is 12.6. The van der Waals surface area contributed by atoms with Gasteiger partial charge < -0.3 is 0 Å². The smallest absolute Gasteiger partial charge is 0.282 e. The van der Waals surface area contributed by atoms with E-state index >= 15 is 0 Å². The van der Waals surface area contributed by atoms with E-state index in [9.17, 15) is 19.7 Å². The van der Waals surface area contributed by atoms with Crippen LogP contribution in [0, 0.1) is 10.1 Å². The molecule has 0 saturated heterocycles. The first-order chi connectivity index (χ1) is 7.61. The topological polar surface area (TPSA) is 89.3 Å². The van der Waals surface area contributed by atoms with Crippen molar-refractivity contribution in [1.82, 2.24) is 5.32 Å². The van der Waals surface area contributed by atoms with Crippen LogP contribution in [0.5, 0.6) is 0 Å². The monoisotopic (exact) mass is 218 g/mol. The molecule has 0 radical (unpaired) electrons. The highest BCUT2D eigenvalue weighted by atomic mass is 16.6. The third-order valence-electron chi connectivity index (χ3n) is 2.15. The van der Waals surface area contributed by atoms with Crippen LogP contribution in [0.2, 0.25) is 0 Å². The van der Waals surface area contributed by atoms with Crippen molar-refractivity contribution >= 4 is 17.4 Å². The number of nitrogens with zero attached hydrogens (tertiary/aromatic N) is 1. The Bertz CT molecular complexity index is 519. The van der Waals surface area contributed by atoms with E-state index in [-0.39, 0.29) is 5.57 Å². The van der Waals surface area contributed by atoms with Gasteiger partial charge in [0.2, 0.25) is 0 Å². The van der Waals surface area contributed by atoms with Crippen LogP contribution in [0.1, 0.15) is 5.56 Å². The number of hydrogen-bond acceptors (Lipinski definition) is 4. The lowest BCUT2D eigenvalue weighted by Crippen LogP contribution is -2.24. The third-order valence-corrected chi connectivity index (χ3v) is 2.15. The fourth-order valence-corrected chi connectivity index (χ4v) is 1.49. The first-order valence-electron chi connectivity index (χ1n) is 4.41. The molecule has 0 spiro atoms. The van der Waals surface area contributed by atoms with Gasteiger partial charge in [-0.15, -0.1) is 0 Å². The first-order valence-corrected chi connectivity index (χ1v) is 4.41. The average molecular weight is 218 g/mol. The fraction of sp³-hybridized carbons (Fsp3) is 0. The Kier molecular flexibility index (Phi) is 2.24. The molecule has 6 heteroatoms. The summed E-state index contributed by atoms with van der Waals surface area (Å²) in [7, 11) is 0. The summed E-state index contributed by atoms with van der Waals surface area (Å²) in [5.74, 6) is -1.70. The fourth-order valence-electron chi connectivity index (χ4n) is 1.49. The molecule has 1 heterocycles. The molecule has 1 aliphatic rings. The zero-order chi connectivity index (χ0) is 11.7. The predicted octanol–water partition coefficient (Wildman–Crippen LogP) is 0.331. The van der Waals surface area contributed by atoms with Crippen molar-refractivity contribution in [3.63, 3.8) is 0 Å².